The standard InChI is InChI=1S/C18H23N3OS/c1-5-14-11-16(13-17(12-14)22-4)20-23-18-15(7-6-9-19-18)8-10-21(2)3/h6-13,20H,5H2,1-4H3/b10-8+. The molecule has 0 bridgehead atoms. The average molecular weight is 329 g/mol. The van der Waals surface area contributed by atoms with E-state index in [9.17, 15) is 0 Å². The Kier molecular flexibility index (Phi) is 6.35. The lowest BCUT2D eigenvalue weighted by Crippen LogP contribution is -2.00. The molecule has 1 N–H and O–H groups in total. The lowest BCUT2D eigenvalue weighted by molar-refractivity contribution is 0.414. The fourth-order valence-corrected chi connectivity index (χ4v) is 2.69. The first kappa shape index (κ1) is 17.2. The number of benzene rings is 1. The molecule has 4 nitrogen and oxygen atoms in total. The van der Waals surface area contributed by atoms with Gasteiger partial charge in [-0.15, -0.1) is 0 Å². The molecule has 0 radical (unpaired) electrons. The van der Waals surface area contributed by atoms with E-state index in [2.05, 4.69) is 40.9 Å². The Morgan fingerprint density at radius 1 is 1.30 bits per heavy atom. The van der Waals surface area contributed by atoms with E-state index < -0.39 is 0 Å². The van der Waals surface area contributed by atoms with Crippen molar-refractivity contribution in [1.82, 2.24) is 9.88 Å². The lowest BCUT2D eigenvalue weighted by atomic mass is 10.1. The molecule has 122 valence electrons. The molecule has 2 rings (SSSR count). The van der Waals surface area contributed by atoms with Crippen LogP contribution in [0.25, 0.3) is 6.08 Å². The second-order valence-corrected chi connectivity index (χ2v) is 6.10. The fraction of sp³-hybridized carbons (Fsp3) is 0.278. The normalized spacial score (nSPS) is 10.8. The van der Waals surface area contributed by atoms with Gasteiger partial charge in [-0.25, -0.2) is 4.98 Å². The first-order valence-corrected chi connectivity index (χ1v) is 8.34. The zero-order valence-electron chi connectivity index (χ0n) is 14.0. The van der Waals surface area contributed by atoms with Crippen molar-refractivity contribution >= 4 is 23.7 Å². The van der Waals surface area contributed by atoms with Gasteiger partial charge in [0.05, 0.1) is 7.11 Å². The number of hydrogen-bond acceptors (Lipinski definition) is 5. The number of pyridine rings is 1. The Balaban J connectivity index is 2.15. The van der Waals surface area contributed by atoms with Gasteiger partial charge in [0.25, 0.3) is 0 Å². The molecule has 2 aromatic rings. The molecule has 1 aromatic carbocycles. The van der Waals surface area contributed by atoms with Crippen molar-refractivity contribution in [3.05, 3.63) is 53.9 Å². The van der Waals surface area contributed by atoms with Gasteiger partial charge in [-0.3, -0.25) is 0 Å². The Bertz CT molecular complexity index is 649. The number of nitrogens with zero attached hydrogens (tertiary/aromatic N) is 2. The van der Waals surface area contributed by atoms with Crippen LogP contribution in [-0.4, -0.2) is 31.1 Å². The molecular formula is C18H23N3OS. The fourth-order valence-electron chi connectivity index (χ4n) is 1.99. The molecule has 0 spiro atoms. The minimum Gasteiger partial charge on any atom is -0.497 e. The Labute approximate surface area is 142 Å². The third-order valence-corrected chi connectivity index (χ3v) is 4.10. The second-order valence-electron chi connectivity index (χ2n) is 5.30. The van der Waals surface area contributed by atoms with E-state index in [0.29, 0.717) is 0 Å². The van der Waals surface area contributed by atoms with E-state index in [1.54, 1.807) is 13.3 Å². The molecule has 0 aliphatic rings. The summed E-state index contributed by atoms with van der Waals surface area (Å²) in [7, 11) is 5.69. The number of rotatable bonds is 7. The van der Waals surface area contributed by atoms with Crippen LogP contribution >= 0.6 is 11.9 Å². The number of aryl methyl sites for hydroxylation is 1. The van der Waals surface area contributed by atoms with Crippen molar-refractivity contribution in [3.63, 3.8) is 0 Å². The number of hydrogen-bond donors (Lipinski definition) is 1. The predicted octanol–water partition coefficient (Wildman–Crippen LogP) is 4.30. The van der Waals surface area contributed by atoms with E-state index >= 15 is 0 Å². The summed E-state index contributed by atoms with van der Waals surface area (Å²) < 4.78 is 8.72. The first-order chi connectivity index (χ1) is 11.1. The summed E-state index contributed by atoms with van der Waals surface area (Å²) in [6.45, 7) is 2.13. The van der Waals surface area contributed by atoms with Crippen molar-refractivity contribution < 1.29 is 4.74 Å². The summed E-state index contributed by atoms with van der Waals surface area (Å²) in [5.41, 5.74) is 3.33. The van der Waals surface area contributed by atoms with E-state index in [4.69, 9.17) is 4.74 Å². The highest BCUT2D eigenvalue weighted by atomic mass is 32.2. The third-order valence-electron chi connectivity index (χ3n) is 3.23. The summed E-state index contributed by atoms with van der Waals surface area (Å²) >= 11 is 1.50. The van der Waals surface area contributed by atoms with Gasteiger partial charge in [0.1, 0.15) is 10.8 Å². The molecule has 0 unspecified atom stereocenters. The molecule has 0 aliphatic heterocycles. The van der Waals surface area contributed by atoms with Crippen molar-refractivity contribution in [3.8, 4) is 5.75 Å². The molecule has 5 heteroatoms. The summed E-state index contributed by atoms with van der Waals surface area (Å²) in [6.07, 6.45) is 6.85. The summed E-state index contributed by atoms with van der Waals surface area (Å²) in [6, 6.07) is 10.2. The molecule has 1 aromatic heterocycles. The van der Waals surface area contributed by atoms with Crippen molar-refractivity contribution in [2.24, 2.45) is 0 Å². The van der Waals surface area contributed by atoms with Crippen LogP contribution in [0.5, 0.6) is 5.75 Å². The average Bonchev–Trinajstić information content (AvgIpc) is 2.58. The van der Waals surface area contributed by atoms with Crippen LogP contribution in [0, 0.1) is 0 Å². The highest BCUT2D eigenvalue weighted by molar-refractivity contribution is 8.00. The maximum atomic E-state index is 5.36. The quantitative estimate of drug-likeness (QED) is 0.766. The van der Waals surface area contributed by atoms with E-state index in [1.165, 1.54) is 17.5 Å². The SMILES string of the molecule is CCc1cc(NSc2ncccc2/C=C/N(C)C)cc(OC)c1. The van der Waals surface area contributed by atoms with Crippen LogP contribution in [-0.2, 0) is 6.42 Å². The van der Waals surface area contributed by atoms with E-state index in [-0.39, 0.29) is 0 Å². The summed E-state index contributed by atoms with van der Waals surface area (Å²) in [4.78, 5) is 6.46. The van der Waals surface area contributed by atoms with Gasteiger partial charge >= 0.3 is 0 Å². The highest BCUT2D eigenvalue weighted by Crippen LogP contribution is 2.27. The Morgan fingerprint density at radius 3 is 2.83 bits per heavy atom. The van der Waals surface area contributed by atoms with Crippen molar-refractivity contribution in [1.29, 1.82) is 0 Å². The van der Waals surface area contributed by atoms with Crippen LogP contribution in [0.1, 0.15) is 18.1 Å². The van der Waals surface area contributed by atoms with Crippen LogP contribution in [0.2, 0.25) is 0 Å². The molecule has 0 aliphatic carbocycles. The lowest BCUT2D eigenvalue weighted by Gasteiger charge is -2.11. The van der Waals surface area contributed by atoms with E-state index in [0.717, 1.165) is 28.4 Å². The molecule has 0 fully saturated rings. The minimum absolute atomic E-state index is 0.862. The van der Waals surface area contributed by atoms with Gasteiger partial charge in [0.2, 0.25) is 0 Å². The second kappa shape index (κ2) is 8.48. The van der Waals surface area contributed by atoms with Gasteiger partial charge in [0.15, 0.2) is 0 Å². The topological polar surface area (TPSA) is 37.4 Å². The maximum absolute atomic E-state index is 5.36. The molecule has 0 saturated heterocycles. The van der Waals surface area contributed by atoms with Crippen LogP contribution in [0.15, 0.2) is 47.8 Å². The zero-order valence-corrected chi connectivity index (χ0v) is 14.9. The number of nitrogens with one attached hydrogen (secondary N) is 1. The van der Waals surface area contributed by atoms with Gasteiger partial charge < -0.3 is 14.4 Å². The van der Waals surface area contributed by atoms with Gasteiger partial charge in [-0.05, 0) is 42.5 Å². The van der Waals surface area contributed by atoms with Crippen LogP contribution in [0.4, 0.5) is 5.69 Å². The summed E-state index contributed by atoms with van der Waals surface area (Å²) in [5.74, 6) is 0.862. The van der Waals surface area contributed by atoms with E-state index in [1.807, 2.05) is 37.3 Å². The first-order valence-electron chi connectivity index (χ1n) is 7.53. The van der Waals surface area contributed by atoms with Crippen molar-refractivity contribution in [2.75, 3.05) is 25.9 Å². The smallest absolute Gasteiger partial charge is 0.124 e. The molecule has 0 saturated carbocycles. The van der Waals surface area contributed by atoms with Crippen molar-refractivity contribution in [2.45, 2.75) is 18.4 Å². The number of anilines is 1. The Hall–Kier alpha value is -2.14. The largest absolute Gasteiger partial charge is 0.497 e. The van der Waals surface area contributed by atoms with Gasteiger partial charge in [-0.2, -0.15) is 0 Å². The highest BCUT2D eigenvalue weighted by Gasteiger charge is 2.04. The molecule has 1 heterocycles. The molecule has 0 atom stereocenters. The molecule has 0 amide bonds. The zero-order chi connectivity index (χ0) is 16.7. The third kappa shape index (κ3) is 5.21. The Morgan fingerprint density at radius 2 is 2.13 bits per heavy atom. The van der Waals surface area contributed by atoms with Crippen LogP contribution in [0.3, 0.4) is 0 Å². The number of aromatic nitrogens is 1. The van der Waals surface area contributed by atoms with Crippen LogP contribution < -0.4 is 9.46 Å². The van der Waals surface area contributed by atoms with Gasteiger partial charge in [0, 0.05) is 49.6 Å². The summed E-state index contributed by atoms with van der Waals surface area (Å²) in [5, 5.41) is 0.937. The molecule has 23 heavy (non-hydrogen) atoms. The minimum atomic E-state index is 0.862. The molecular weight excluding hydrogens is 306 g/mol. The maximum Gasteiger partial charge on any atom is 0.124 e. The monoisotopic (exact) mass is 329 g/mol. The number of methoxy groups -OCH3 is 1. The number of ether oxygens (including phenoxy) is 1. The van der Waals surface area contributed by atoms with Gasteiger partial charge in [-0.1, -0.05) is 13.0 Å². The predicted molar refractivity (Wildman–Crippen MR) is 98.8 cm³/mol.